The van der Waals surface area contributed by atoms with Gasteiger partial charge in [0, 0.05) is 36.0 Å². The summed E-state index contributed by atoms with van der Waals surface area (Å²) in [5, 5.41) is 16.8. The van der Waals surface area contributed by atoms with E-state index < -0.39 is 4.92 Å². The molecule has 2 N–H and O–H groups in total. The topological polar surface area (TPSA) is 110 Å². The summed E-state index contributed by atoms with van der Waals surface area (Å²) in [5.74, 6) is 1.04. The summed E-state index contributed by atoms with van der Waals surface area (Å²) < 4.78 is 0. The number of nitro groups is 1. The Labute approximate surface area is 144 Å². The van der Waals surface area contributed by atoms with E-state index in [0.29, 0.717) is 30.2 Å². The highest BCUT2D eigenvalue weighted by Crippen LogP contribution is 2.22. The lowest BCUT2D eigenvalue weighted by molar-refractivity contribution is -0.384. The van der Waals surface area contributed by atoms with Gasteiger partial charge in [-0.15, -0.1) is 0 Å². The van der Waals surface area contributed by atoms with Gasteiger partial charge in [-0.25, -0.2) is 9.97 Å². The van der Waals surface area contributed by atoms with E-state index in [1.54, 1.807) is 12.1 Å². The summed E-state index contributed by atoms with van der Waals surface area (Å²) in [6, 6.07) is 7.64. The number of anilines is 1. The number of hydrogen-bond acceptors (Lipinski definition) is 6. The number of hydrogen-bond donors (Lipinski definition) is 2. The summed E-state index contributed by atoms with van der Waals surface area (Å²) in [4.78, 5) is 31.2. The molecule has 1 fully saturated rings. The molecule has 3 rings (SSSR count). The number of piperidine rings is 1. The van der Waals surface area contributed by atoms with E-state index in [9.17, 15) is 14.9 Å². The first kappa shape index (κ1) is 16.8. The summed E-state index contributed by atoms with van der Waals surface area (Å²) in [7, 11) is 0. The Balaban J connectivity index is 1.89. The molecule has 1 aliphatic heterocycles. The number of nitro benzene ring substituents is 1. The van der Waals surface area contributed by atoms with Gasteiger partial charge in [0.15, 0.2) is 5.82 Å². The number of rotatable bonds is 5. The second kappa shape index (κ2) is 7.25. The fraction of sp³-hybridized carbons (Fsp3) is 0.353. The molecule has 0 aliphatic carbocycles. The Hall–Kier alpha value is -3.03. The van der Waals surface area contributed by atoms with Gasteiger partial charge >= 0.3 is 0 Å². The maximum atomic E-state index is 11.9. The minimum absolute atomic E-state index is 0.0209. The smallest absolute Gasteiger partial charge is 0.269 e. The number of nitrogens with zero attached hydrogens (tertiary/aromatic N) is 3. The van der Waals surface area contributed by atoms with Crippen LogP contribution in [0.5, 0.6) is 0 Å². The van der Waals surface area contributed by atoms with Crippen molar-refractivity contribution in [3.8, 4) is 11.4 Å². The van der Waals surface area contributed by atoms with Crippen molar-refractivity contribution in [1.82, 2.24) is 15.3 Å². The van der Waals surface area contributed by atoms with Crippen LogP contribution in [0.1, 0.15) is 25.5 Å². The van der Waals surface area contributed by atoms with Crippen LogP contribution >= 0.6 is 0 Å². The van der Waals surface area contributed by atoms with Crippen LogP contribution in [0.2, 0.25) is 0 Å². The fourth-order valence-electron chi connectivity index (χ4n) is 2.70. The third-order valence-electron chi connectivity index (χ3n) is 4.09. The lowest BCUT2D eigenvalue weighted by Gasteiger charge is -2.23. The molecule has 0 saturated carbocycles. The zero-order chi connectivity index (χ0) is 17.8. The third-order valence-corrected chi connectivity index (χ3v) is 4.09. The zero-order valence-corrected chi connectivity index (χ0v) is 13.9. The largest absolute Gasteiger partial charge is 0.358 e. The number of amides is 1. The van der Waals surface area contributed by atoms with Gasteiger partial charge in [-0.1, -0.05) is 6.92 Å². The molecule has 0 unspecified atom stereocenters. The van der Waals surface area contributed by atoms with E-state index in [0.717, 1.165) is 18.5 Å². The van der Waals surface area contributed by atoms with Gasteiger partial charge in [0.05, 0.1) is 4.92 Å². The average Bonchev–Trinajstić information content (AvgIpc) is 2.63. The monoisotopic (exact) mass is 341 g/mol. The summed E-state index contributed by atoms with van der Waals surface area (Å²) >= 11 is 0. The van der Waals surface area contributed by atoms with Gasteiger partial charge < -0.3 is 10.6 Å². The van der Waals surface area contributed by atoms with E-state index in [2.05, 4.69) is 20.6 Å². The van der Waals surface area contributed by atoms with E-state index in [4.69, 9.17) is 0 Å². The van der Waals surface area contributed by atoms with Crippen molar-refractivity contribution in [2.24, 2.45) is 0 Å². The molecule has 25 heavy (non-hydrogen) atoms. The Morgan fingerprint density at radius 3 is 2.72 bits per heavy atom. The van der Waals surface area contributed by atoms with Crippen molar-refractivity contribution >= 4 is 17.4 Å². The lowest BCUT2D eigenvalue weighted by atomic mass is 10.1. The Morgan fingerprint density at radius 1 is 1.32 bits per heavy atom. The third kappa shape index (κ3) is 3.90. The van der Waals surface area contributed by atoms with Gasteiger partial charge in [0.1, 0.15) is 11.9 Å². The maximum Gasteiger partial charge on any atom is 0.269 e. The van der Waals surface area contributed by atoms with Crippen LogP contribution in [0.15, 0.2) is 30.3 Å². The highest BCUT2D eigenvalue weighted by atomic mass is 16.6. The zero-order valence-electron chi connectivity index (χ0n) is 13.9. The number of benzene rings is 1. The van der Waals surface area contributed by atoms with Crippen LogP contribution < -0.4 is 10.6 Å². The molecule has 0 radical (unpaired) electrons. The Bertz CT molecular complexity index is 791. The van der Waals surface area contributed by atoms with Gasteiger partial charge in [0.25, 0.3) is 5.69 Å². The van der Waals surface area contributed by atoms with Crippen LogP contribution in [-0.4, -0.2) is 33.4 Å². The first-order chi connectivity index (χ1) is 12.1. The molecule has 0 bridgehead atoms. The molecule has 1 aromatic heterocycles. The Morgan fingerprint density at radius 2 is 2.08 bits per heavy atom. The van der Waals surface area contributed by atoms with Crippen LogP contribution in [-0.2, 0) is 11.2 Å². The number of non-ortho nitro benzene ring substituents is 1. The predicted molar refractivity (Wildman–Crippen MR) is 93.2 cm³/mol. The molecule has 0 spiro atoms. The van der Waals surface area contributed by atoms with Crippen molar-refractivity contribution in [3.05, 3.63) is 46.1 Å². The minimum atomic E-state index is -0.443. The molecule has 1 aromatic carbocycles. The van der Waals surface area contributed by atoms with Gasteiger partial charge in [-0.2, -0.15) is 0 Å². The maximum absolute atomic E-state index is 11.9. The van der Waals surface area contributed by atoms with E-state index in [-0.39, 0.29) is 17.6 Å². The van der Waals surface area contributed by atoms with Crippen LogP contribution in [0.3, 0.4) is 0 Å². The van der Waals surface area contributed by atoms with E-state index >= 15 is 0 Å². The quantitative estimate of drug-likeness (QED) is 0.638. The van der Waals surface area contributed by atoms with Crippen molar-refractivity contribution in [3.63, 3.8) is 0 Å². The highest BCUT2D eigenvalue weighted by Gasteiger charge is 2.22. The number of aromatic nitrogens is 2. The lowest BCUT2D eigenvalue weighted by Crippen LogP contribution is -2.44. The summed E-state index contributed by atoms with van der Waals surface area (Å²) in [5.41, 5.74) is 1.55. The minimum Gasteiger partial charge on any atom is -0.358 e. The molecule has 1 aliphatic rings. The highest BCUT2D eigenvalue weighted by molar-refractivity contribution is 5.85. The second-order valence-corrected chi connectivity index (χ2v) is 5.86. The van der Waals surface area contributed by atoms with Crippen molar-refractivity contribution < 1.29 is 9.72 Å². The van der Waals surface area contributed by atoms with Crippen molar-refractivity contribution in [1.29, 1.82) is 0 Å². The molecular weight excluding hydrogens is 322 g/mol. The number of carbonyl (C=O) groups excluding carboxylic acids is 1. The normalized spacial score (nSPS) is 17.0. The van der Waals surface area contributed by atoms with Crippen molar-refractivity contribution in [2.45, 2.75) is 32.2 Å². The molecular formula is C17H19N5O3. The molecule has 2 aromatic rings. The van der Waals surface area contributed by atoms with E-state index in [1.807, 2.05) is 13.0 Å². The molecule has 8 heteroatoms. The molecule has 1 saturated heterocycles. The molecule has 130 valence electrons. The van der Waals surface area contributed by atoms with Gasteiger partial charge in [-0.3, -0.25) is 14.9 Å². The standard InChI is InChI=1S/C17H19N5O3/c1-2-12-10-15(20-14-4-3-9-18-17(14)23)21-16(19-12)11-5-7-13(8-6-11)22(24)25/h5-8,10,14H,2-4,9H2,1H3,(H,18,23)(H,19,20,21)/t14-/m0/s1. The number of carbonyl (C=O) groups is 1. The molecule has 2 heterocycles. The first-order valence-corrected chi connectivity index (χ1v) is 8.24. The first-order valence-electron chi connectivity index (χ1n) is 8.24. The second-order valence-electron chi connectivity index (χ2n) is 5.86. The average molecular weight is 341 g/mol. The number of aryl methyl sites for hydroxylation is 1. The number of nitrogens with one attached hydrogen (secondary N) is 2. The Kier molecular flexibility index (Phi) is 4.87. The van der Waals surface area contributed by atoms with Crippen LogP contribution in [0, 0.1) is 10.1 Å². The van der Waals surface area contributed by atoms with Crippen molar-refractivity contribution in [2.75, 3.05) is 11.9 Å². The molecule has 8 nitrogen and oxygen atoms in total. The summed E-state index contributed by atoms with van der Waals surface area (Å²) in [6.07, 6.45) is 2.39. The fourth-order valence-corrected chi connectivity index (χ4v) is 2.70. The van der Waals surface area contributed by atoms with Crippen LogP contribution in [0.25, 0.3) is 11.4 Å². The predicted octanol–water partition coefficient (Wildman–Crippen LogP) is 2.30. The molecule has 1 amide bonds. The van der Waals surface area contributed by atoms with Gasteiger partial charge in [0.2, 0.25) is 5.91 Å². The van der Waals surface area contributed by atoms with E-state index in [1.165, 1.54) is 12.1 Å². The van der Waals surface area contributed by atoms with Gasteiger partial charge in [-0.05, 0) is 31.4 Å². The van der Waals surface area contributed by atoms with Crippen LogP contribution in [0.4, 0.5) is 11.5 Å². The summed E-state index contributed by atoms with van der Waals surface area (Å²) in [6.45, 7) is 2.69. The molecule has 1 atom stereocenters. The SMILES string of the molecule is CCc1cc(N[C@H]2CCCNC2=O)nc(-c2ccc([N+](=O)[O-])cc2)n1.